The summed E-state index contributed by atoms with van der Waals surface area (Å²) in [5.41, 5.74) is 1.43. The summed E-state index contributed by atoms with van der Waals surface area (Å²) in [4.78, 5) is 12.0. The summed E-state index contributed by atoms with van der Waals surface area (Å²) in [6.45, 7) is 0. The quantitative estimate of drug-likeness (QED) is 0.836. The van der Waals surface area contributed by atoms with Crippen molar-refractivity contribution in [1.82, 2.24) is 0 Å². The largest absolute Gasteiger partial charge is 0.497 e. The highest BCUT2D eigenvalue weighted by atomic mass is 16.5. The fraction of sp³-hybridized carbons (Fsp3) is 0.188. The molecular formula is C16H16O3. The van der Waals surface area contributed by atoms with Crippen molar-refractivity contribution < 1.29 is 14.6 Å². The van der Waals surface area contributed by atoms with Crippen molar-refractivity contribution in [2.75, 3.05) is 7.11 Å². The number of Topliss-reactive ketones (excluding diaryl/α,β-unsaturated/α-hetero) is 1. The van der Waals surface area contributed by atoms with Crippen LogP contribution in [0.1, 0.15) is 15.9 Å². The van der Waals surface area contributed by atoms with Gasteiger partial charge in [-0.05, 0) is 17.7 Å². The molecule has 2 rings (SSSR count). The lowest BCUT2D eigenvalue weighted by Gasteiger charge is -2.10. The zero-order chi connectivity index (χ0) is 13.7. The first-order valence-corrected chi connectivity index (χ1v) is 6.11. The zero-order valence-electron chi connectivity index (χ0n) is 10.7. The SMILES string of the molecule is COc1ccc(CC(O)C(=O)c2ccccc2)cc1. The smallest absolute Gasteiger partial charge is 0.191 e. The van der Waals surface area contributed by atoms with Gasteiger partial charge < -0.3 is 9.84 Å². The van der Waals surface area contributed by atoms with Gasteiger partial charge in [-0.1, -0.05) is 42.5 Å². The Hall–Kier alpha value is -2.13. The molecule has 1 atom stereocenters. The van der Waals surface area contributed by atoms with Gasteiger partial charge in [-0.2, -0.15) is 0 Å². The lowest BCUT2D eigenvalue weighted by molar-refractivity contribution is 0.0748. The van der Waals surface area contributed by atoms with Crippen LogP contribution in [0.15, 0.2) is 54.6 Å². The Balaban J connectivity index is 2.04. The van der Waals surface area contributed by atoms with E-state index in [4.69, 9.17) is 4.74 Å². The van der Waals surface area contributed by atoms with E-state index in [0.717, 1.165) is 11.3 Å². The summed E-state index contributed by atoms with van der Waals surface area (Å²) >= 11 is 0. The van der Waals surface area contributed by atoms with E-state index >= 15 is 0 Å². The van der Waals surface area contributed by atoms with Gasteiger partial charge in [0.15, 0.2) is 5.78 Å². The van der Waals surface area contributed by atoms with Crippen LogP contribution in [-0.4, -0.2) is 24.1 Å². The maximum absolute atomic E-state index is 12.0. The van der Waals surface area contributed by atoms with Gasteiger partial charge in [0.2, 0.25) is 0 Å². The maximum atomic E-state index is 12.0. The fourth-order valence-electron chi connectivity index (χ4n) is 1.87. The monoisotopic (exact) mass is 256 g/mol. The number of ether oxygens (including phenoxy) is 1. The van der Waals surface area contributed by atoms with E-state index in [9.17, 15) is 9.90 Å². The highest BCUT2D eigenvalue weighted by molar-refractivity contribution is 5.99. The van der Waals surface area contributed by atoms with Crippen LogP contribution in [0.5, 0.6) is 5.75 Å². The molecular weight excluding hydrogens is 240 g/mol. The third-order valence-electron chi connectivity index (χ3n) is 2.95. The summed E-state index contributed by atoms with van der Waals surface area (Å²) in [5.74, 6) is 0.504. The predicted octanol–water partition coefficient (Wildman–Crippen LogP) is 2.48. The first kappa shape index (κ1) is 13.3. The lowest BCUT2D eigenvalue weighted by Crippen LogP contribution is -2.22. The maximum Gasteiger partial charge on any atom is 0.191 e. The van der Waals surface area contributed by atoms with Crippen LogP contribution in [0.4, 0.5) is 0 Å². The van der Waals surface area contributed by atoms with Gasteiger partial charge >= 0.3 is 0 Å². The Morgan fingerprint density at radius 2 is 1.74 bits per heavy atom. The van der Waals surface area contributed by atoms with Gasteiger partial charge in [0, 0.05) is 12.0 Å². The first-order chi connectivity index (χ1) is 9.20. The number of benzene rings is 2. The van der Waals surface area contributed by atoms with Crippen LogP contribution < -0.4 is 4.74 Å². The molecule has 2 aromatic carbocycles. The number of carbonyl (C=O) groups excluding carboxylic acids is 1. The first-order valence-electron chi connectivity index (χ1n) is 6.11. The summed E-state index contributed by atoms with van der Waals surface area (Å²) < 4.78 is 5.06. The van der Waals surface area contributed by atoms with Gasteiger partial charge in [0.1, 0.15) is 11.9 Å². The van der Waals surface area contributed by atoms with Crippen LogP contribution in [0.2, 0.25) is 0 Å². The molecule has 0 saturated heterocycles. The molecule has 19 heavy (non-hydrogen) atoms. The number of hydrogen-bond acceptors (Lipinski definition) is 3. The molecule has 0 aromatic heterocycles. The molecule has 0 amide bonds. The third kappa shape index (κ3) is 3.42. The molecule has 0 spiro atoms. The molecule has 0 radical (unpaired) electrons. The van der Waals surface area contributed by atoms with Crippen molar-refractivity contribution in [3.8, 4) is 5.75 Å². The Morgan fingerprint density at radius 3 is 2.32 bits per heavy atom. The zero-order valence-corrected chi connectivity index (χ0v) is 10.7. The van der Waals surface area contributed by atoms with Crippen molar-refractivity contribution in [1.29, 1.82) is 0 Å². The number of hydrogen-bond donors (Lipinski definition) is 1. The van der Waals surface area contributed by atoms with Gasteiger partial charge in [-0.15, -0.1) is 0 Å². The van der Waals surface area contributed by atoms with Gasteiger partial charge in [-0.3, -0.25) is 4.79 Å². The number of methoxy groups -OCH3 is 1. The normalized spacial score (nSPS) is 11.9. The lowest BCUT2D eigenvalue weighted by atomic mass is 10.00. The van der Waals surface area contributed by atoms with Crippen LogP contribution in [0.3, 0.4) is 0 Å². The summed E-state index contributed by atoms with van der Waals surface area (Å²) in [6, 6.07) is 16.1. The third-order valence-corrected chi connectivity index (χ3v) is 2.95. The van der Waals surface area contributed by atoms with E-state index in [-0.39, 0.29) is 5.78 Å². The number of ketones is 1. The van der Waals surface area contributed by atoms with Gasteiger partial charge in [0.05, 0.1) is 7.11 Å². The predicted molar refractivity (Wildman–Crippen MR) is 73.5 cm³/mol. The highest BCUT2D eigenvalue weighted by Crippen LogP contribution is 2.14. The minimum atomic E-state index is -1.02. The van der Waals surface area contributed by atoms with E-state index in [0.29, 0.717) is 12.0 Å². The van der Waals surface area contributed by atoms with E-state index in [1.807, 2.05) is 30.3 Å². The summed E-state index contributed by atoms with van der Waals surface area (Å²) in [7, 11) is 1.60. The van der Waals surface area contributed by atoms with Crippen LogP contribution in [0, 0.1) is 0 Å². The molecule has 3 heteroatoms. The molecule has 1 N–H and O–H groups in total. The van der Waals surface area contributed by atoms with Crippen molar-refractivity contribution in [3.63, 3.8) is 0 Å². The molecule has 0 aliphatic rings. The molecule has 0 saturated carbocycles. The molecule has 0 bridgehead atoms. The number of carbonyl (C=O) groups is 1. The molecule has 0 fully saturated rings. The molecule has 98 valence electrons. The van der Waals surface area contributed by atoms with E-state index in [2.05, 4.69) is 0 Å². The highest BCUT2D eigenvalue weighted by Gasteiger charge is 2.17. The molecule has 0 aliphatic heterocycles. The number of aliphatic hydroxyl groups excluding tert-OH is 1. The second-order valence-electron chi connectivity index (χ2n) is 4.30. The molecule has 3 nitrogen and oxygen atoms in total. The average molecular weight is 256 g/mol. The topological polar surface area (TPSA) is 46.5 Å². The van der Waals surface area contributed by atoms with Crippen LogP contribution >= 0.6 is 0 Å². The van der Waals surface area contributed by atoms with E-state index in [1.165, 1.54) is 0 Å². The van der Waals surface area contributed by atoms with Crippen molar-refractivity contribution in [2.24, 2.45) is 0 Å². The Bertz CT molecular complexity index is 532. The van der Waals surface area contributed by atoms with Gasteiger partial charge in [-0.25, -0.2) is 0 Å². The number of rotatable bonds is 5. The Labute approximate surface area is 112 Å². The molecule has 0 heterocycles. The second kappa shape index (κ2) is 6.16. The standard InChI is InChI=1S/C16H16O3/c1-19-14-9-7-12(8-10-14)11-15(17)16(18)13-5-3-2-4-6-13/h2-10,15,17H,11H2,1H3. The Kier molecular flexibility index (Phi) is 4.31. The summed E-state index contributed by atoms with van der Waals surface area (Å²) in [6.07, 6.45) is -0.714. The van der Waals surface area contributed by atoms with E-state index < -0.39 is 6.10 Å². The Morgan fingerprint density at radius 1 is 1.11 bits per heavy atom. The fourth-order valence-corrected chi connectivity index (χ4v) is 1.87. The second-order valence-corrected chi connectivity index (χ2v) is 4.30. The minimum absolute atomic E-state index is 0.253. The average Bonchev–Trinajstić information content (AvgIpc) is 2.48. The van der Waals surface area contributed by atoms with Crippen molar-refractivity contribution in [3.05, 3.63) is 65.7 Å². The summed E-state index contributed by atoms with van der Waals surface area (Å²) in [5, 5.41) is 9.97. The number of aliphatic hydroxyl groups is 1. The molecule has 1 unspecified atom stereocenters. The molecule has 2 aromatic rings. The van der Waals surface area contributed by atoms with E-state index in [1.54, 1.807) is 31.4 Å². The van der Waals surface area contributed by atoms with Crippen LogP contribution in [-0.2, 0) is 6.42 Å². The van der Waals surface area contributed by atoms with Crippen molar-refractivity contribution >= 4 is 5.78 Å². The minimum Gasteiger partial charge on any atom is -0.497 e. The molecule has 0 aliphatic carbocycles. The van der Waals surface area contributed by atoms with Crippen molar-refractivity contribution in [2.45, 2.75) is 12.5 Å². The van der Waals surface area contributed by atoms with Gasteiger partial charge in [0.25, 0.3) is 0 Å². The van der Waals surface area contributed by atoms with Crippen LogP contribution in [0.25, 0.3) is 0 Å².